The second kappa shape index (κ2) is 18.9. The van der Waals surface area contributed by atoms with E-state index in [1.807, 2.05) is 52.0 Å². The molecule has 2 amide bonds. The minimum absolute atomic E-state index is 0.0691. The van der Waals surface area contributed by atoms with Crippen LogP contribution in [0.15, 0.2) is 69.9 Å². The van der Waals surface area contributed by atoms with Crippen molar-refractivity contribution in [1.82, 2.24) is 10.6 Å². The Morgan fingerprint density at radius 3 is 2.13 bits per heavy atom. The van der Waals surface area contributed by atoms with Crippen LogP contribution >= 0.6 is 0 Å². The summed E-state index contributed by atoms with van der Waals surface area (Å²) in [6.45, 7) is 16.8. The van der Waals surface area contributed by atoms with Gasteiger partial charge in [0.2, 0.25) is 11.8 Å². The van der Waals surface area contributed by atoms with Gasteiger partial charge in [-0.3, -0.25) is 14.4 Å². The predicted molar refractivity (Wildman–Crippen MR) is 208 cm³/mol. The highest BCUT2D eigenvalue weighted by molar-refractivity contribution is 6.07. The summed E-state index contributed by atoms with van der Waals surface area (Å²) in [6, 6.07) is 17.4. The van der Waals surface area contributed by atoms with Crippen molar-refractivity contribution >= 4 is 28.8 Å². The molecular weight excluding hydrogens is 672 g/mol. The highest BCUT2D eigenvalue weighted by Gasteiger charge is 2.25. The molecule has 2 aromatic rings. The molecule has 0 saturated carbocycles. The molecule has 0 atom stereocenters. The monoisotopic (exact) mass is 728 g/mol. The van der Waals surface area contributed by atoms with Crippen LogP contribution in [-0.2, 0) is 19.1 Å². The molecule has 0 spiro atoms. The number of esters is 1. The van der Waals surface area contributed by atoms with Gasteiger partial charge in [-0.25, -0.2) is 4.79 Å². The van der Waals surface area contributed by atoms with Gasteiger partial charge in [0.15, 0.2) is 5.43 Å². The van der Waals surface area contributed by atoms with Gasteiger partial charge in [0.05, 0.1) is 32.0 Å². The predicted octanol–water partition coefficient (Wildman–Crippen LogP) is 8.03. The van der Waals surface area contributed by atoms with Gasteiger partial charge in [-0.05, 0) is 54.7 Å². The summed E-state index contributed by atoms with van der Waals surface area (Å²) in [7, 11) is 0. The number of carbonyl (C=O) groups is 3. The summed E-state index contributed by atoms with van der Waals surface area (Å²) in [5, 5.41) is 6.76. The fraction of sp³-hybridized carbons (Fsp3) is 0.488. The molecule has 53 heavy (non-hydrogen) atoms. The Balaban J connectivity index is 1.33. The van der Waals surface area contributed by atoms with E-state index in [0.29, 0.717) is 92.6 Å². The Bertz CT molecular complexity index is 1880. The van der Waals surface area contributed by atoms with Gasteiger partial charge >= 0.3 is 5.97 Å². The maximum atomic E-state index is 13.2. The van der Waals surface area contributed by atoms with Gasteiger partial charge in [-0.1, -0.05) is 73.1 Å². The first-order valence-corrected chi connectivity index (χ1v) is 18.7. The van der Waals surface area contributed by atoms with Crippen molar-refractivity contribution in [3.8, 4) is 28.2 Å². The molecular formula is C43H56N2O8. The van der Waals surface area contributed by atoms with Gasteiger partial charge < -0.3 is 29.3 Å². The van der Waals surface area contributed by atoms with Crippen LogP contribution in [-0.4, -0.2) is 57.3 Å². The summed E-state index contributed by atoms with van der Waals surface area (Å²) in [4.78, 5) is 50.2. The van der Waals surface area contributed by atoms with Crippen LogP contribution in [0.3, 0.4) is 0 Å². The average molecular weight is 729 g/mol. The molecule has 0 radical (unpaired) electrons. The Labute approximate surface area is 313 Å². The molecule has 10 nitrogen and oxygen atoms in total. The lowest BCUT2D eigenvalue weighted by Crippen LogP contribution is -2.39. The van der Waals surface area contributed by atoms with Crippen LogP contribution in [0.5, 0.6) is 5.75 Å². The summed E-state index contributed by atoms with van der Waals surface area (Å²) in [6.07, 6.45) is 3.23. The summed E-state index contributed by atoms with van der Waals surface area (Å²) >= 11 is 0. The van der Waals surface area contributed by atoms with E-state index in [-0.39, 0.29) is 34.0 Å². The largest absolute Gasteiger partial charge is 0.493 e. The minimum atomic E-state index is -0.419. The quantitative estimate of drug-likeness (QED) is 0.0531. The Morgan fingerprint density at radius 2 is 1.47 bits per heavy atom. The number of rotatable bonds is 20. The number of ether oxygens (including phenoxy) is 3. The third kappa shape index (κ3) is 12.4. The molecule has 10 heteroatoms. The van der Waals surface area contributed by atoms with Crippen molar-refractivity contribution in [2.45, 2.75) is 80.6 Å². The van der Waals surface area contributed by atoms with Gasteiger partial charge in [-0.15, -0.1) is 0 Å². The lowest BCUT2D eigenvalue weighted by atomic mass is 9.91. The molecule has 2 N–H and O–H groups in total. The van der Waals surface area contributed by atoms with E-state index in [2.05, 4.69) is 31.4 Å². The molecule has 4 rings (SSSR count). The van der Waals surface area contributed by atoms with Crippen LogP contribution in [0.1, 0.15) is 90.9 Å². The van der Waals surface area contributed by atoms with Crippen LogP contribution in [0.25, 0.3) is 33.4 Å². The second-order valence-corrected chi connectivity index (χ2v) is 15.8. The topological polar surface area (TPSA) is 133 Å². The van der Waals surface area contributed by atoms with E-state index in [4.69, 9.17) is 18.6 Å². The minimum Gasteiger partial charge on any atom is -0.493 e. The van der Waals surface area contributed by atoms with Gasteiger partial charge in [-0.2, -0.15) is 0 Å². The first-order chi connectivity index (χ1) is 25.2. The van der Waals surface area contributed by atoms with E-state index >= 15 is 0 Å². The van der Waals surface area contributed by atoms with Crippen molar-refractivity contribution in [2.75, 3.05) is 39.5 Å². The lowest BCUT2D eigenvalue weighted by Gasteiger charge is -2.29. The normalized spacial score (nSPS) is 11.9. The molecule has 0 saturated heterocycles. The first-order valence-electron chi connectivity index (χ1n) is 18.7. The number of carbonyl (C=O) groups excluding carboxylic acids is 3. The molecule has 0 aromatic heterocycles. The van der Waals surface area contributed by atoms with E-state index in [9.17, 15) is 19.2 Å². The van der Waals surface area contributed by atoms with Gasteiger partial charge in [0, 0.05) is 65.4 Å². The second-order valence-electron chi connectivity index (χ2n) is 15.8. The van der Waals surface area contributed by atoms with Crippen LogP contribution in [0, 0.1) is 16.7 Å². The van der Waals surface area contributed by atoms with E-state index in [1.54, 1.807) is 24.3 Å². The Morgan fingerprint density at radius 1 is 0.811 bits per heavy atom. The molecule has 2 aliphatic rings. The van der Waals surface area contributed by atoms with Gasteiger partial charge in [0.1, 0.15) is 17.1 Å². The molecule has 0 bridgehead atoms. The number of nitrogens with one attached hydrogen (secondary N) is 2. The third-order valence-electron chi connectivity index (χ3n) is 8.72. The molecule has 0 fully saturated rings. The summed E-state index contributed by atoms with van der Waals surface area (Å²) < 4.78 is 23.8. The third-order valence-corrected chi connectivity index (χ3v) is 8.72. The highest BCUT2D eigenvalue weighted by atomic mass is 16.5. The van der Waals surface area contributed by atoms with Crippen molar-refractivity contribution < 1.29 is 33.0 Å². The van der Waals surface area contributed by atoms with Crippen LogP contribution in [0.4, 0.5) is 0 Å². The van der Waals surface area contributed by atoms with Crippen molar-refractivity contribution in [1.29, 1.82) is 0 Å². The fourth-order valence-electron chi connectivity index (χ4n) is 5.75. The molecule has 1 heterocycles. The lowest BCUT2D eigenvalue weighted by molar-refractivity contribution is -0.122. The number of benzene rings is 3. The fourth-order valence-corrected chi connectivity index (χ4v) is 5.75. The maximum absolute atomic E-state index is 13.2. The summed E-state index contributed by atoms with van der Waals surface area (Å²) in [5.41, 5.74) is 2.37. The number of fused-ring (bicyclic) bond motifs is 2. The zero-order valence-corrected chi connectivity index (χ0v) is 32.4. The SMILES string of the molecule is CCCCC(=O)NCC(C)(C)COCC(C)(C)CNC(=O)CCCOc1ccc2c(-c3ccccc3C(=O)OCC(C)C)c3ccc(=O)cc-3oc2c1. The Hall–Kier alpha value is -4.70. The van der Waals surface area contributed by atoms with Crippen molar-refractivity contribution in [2.24, 2.45) is 16.7 Å². The standard InChI is InChI=1S/C43H56N2O8/c1-8-9-15-38(47)44-25-42(4,5)27-50-28-43(6,7)26-45-39(48)16-12-21-51-31-18-20-35-37(23-31)53-36-22-30(46)17-19-34(36)40(35)32-13-10-11-14-33(32)41(49)52-24-29(2)3/h10-11,13-14,17-20,22-23,29H,8-9,12,15-16,21,24-28H2,1-7H3,(H,44,47)(H,45,48). The van der Waals surface area contributed by atoms with E-state index in [1.165, 1.54) is 12.1 Å². The zero-order valence-electron chi connectivity index (χ0n) is 32.4. The first kappa shape index (κ1) is 41.1. The van der Waals surface area contributed by atoms with E-state index in [0.717, 1.165) is 23.8 Å². The smallest absolute Gasteiger partial charge is 0.338 e. The number of hydrogen-bond donors (Lipinski definition) is 2. The molecule has 2 aromatic carbocycles. The molecule has 1 aliphatic carbocycles. The number of hydrogen-bond acceptors (Lipinski definition) is 8. The van der Waals surface area contributed by atoms with Crippen LogP contribution in [0.2, 0.25) is 0 Å². The van der Waals surface area contributed by atoms with Gasteiger partial charge in [0.25, 0.3) is 0 Å². The number of unbranched alkanes of at least 4 members (excludes halogenated alkanes) is 1. The van der Waals surface area contributed by atoms with Crippen molar-refractivity contribution in [3.63, 3.8) is 0 Å². The summed E-state index contributed by atoms with van der Waals surface area (Å²) in [5.74, 6) is 0.720. The Kier molecular flexibility index (Phi) is 14.6. The molecule has 0 unspecified atom stereocenters. The highest BCUT2D eigenvalue weighted by Crippen LogP contribution is 2.42. The molecule has 1 aliphatic heterocycles. The van der Waals surface area contributed by atoms with Crippen LogP contribution < -0.4 is 20.8 Å². The van der Waals surface area contributed by atoms with E-state index < -0.39 is 5.97 Å². The zero-order chi connectivity index (χ0) is 38.6. The molecule has 286 valence electrons. The average Bonchev–Trinajstić information content (AvgIpc) is 3.11. The maximum Gasteiger partial charge on any atom is 0.338 e. The van der Waals surface area contributed by atoms with Crippen molar-refractivity contribution in [3.05, 3.63) is 76.5 Å². The number of amides is 2.